The van der Waals surface area contributed by atoms with E-state index in [9.17, 15) is 14.4 Å². The molecule has 1 saturated heterocycles. The SMILES string of the molecule is COC(=O)C(C)CN(CC(=O)N1CCC(C(=O)OC)CC1)Cc1ccccc1. The van der Waals surface area contributed by atoms with E-state index < -0.39 is 0 Å². The molecule has 0 radical (unpaired) electrons. The number of ether oxygens (including phenoxy) is 2. The lowest BCUT2D eigenvalue weighted by Crippen LogP contribution is -2.46. The average molecular weight is 390 g/mol. The van der Waals surface area contributed by atoms with E-state index in [0.717, 1.165) is 5.56 Å². The molecule has 0 N–H and O–H groups in total. The van der Waals surface area contributed by atoms with Crippen molar-refractivity contribution in [1.29, 1.82) is 0 Å². The van der Waals surface area contributed by atoms with Crippen LogP contribution in [0.15, 0.2) is 30.3 Å². The van der Waals surface area contributed by atoms with Crippen molar-refractivity contribution in [1.82, 2.24) is 9.80 Å². The highest BCUT2D eigenvalue weighted by atomic mass is 16.5. The van der Waals surface area contributed by atoms with Crippen LogP contribution in [-0.2, 0) is 30.4 Å². The predicted octanol–water partition coefficient (Wildman–Crippen LogP) is 1.71. The van der Waals surface area contributed by atoms with Crippen molar-refractivity contribution >= 4 is 17.8 Å². The Morgan fingerprint density at radius 3 is 2.32 bits per heavy atom. The largest absolute Gasteiger partial charge is 0.469 e. The van der Waals surface area contributed by atoms with Crippen molar-refractivity contribution in [2.75, 3.05) is 40.4 Å². The highest BCUT2D eigenvalue weighted by Crippen LogP contribution is 2.19. The standard InChI is InChI=1S/C21H30N2O5/c1-16(20(25)27-2)13-22(14-17-7-5-4-6-8-17)15-19(24)23-11-9-18(10-12-23)21(26)28-3/h4-8,16,18H,9-15H2,1-3H3. The lowest BCUT2D eigenvalue weighted by atomic mass is 9.97. The van der Waals surface area contributed by atoms with E-state index in [4.69, 9.17) is 9.47 Å². The summed E-state index contributed by atoms with van der Waals surface area (Å²) in [5.41, 5.74) is 1.08. The molecule has 0 saturated carbocycles. The van der Waals surface area contributed by atoms with Gasteiger partial charge in [0.05, 0.1) is 32.6 Å². The number of hydrogen-bond acceptors (Lipinski definition) is 6. The third-order valence-corrected chi connectivity index (χ3v) is 5.13. The van der Waals surface area contributed by atoms with Gasteiger partial charge in [-0.25, -0.2) is 0 Å². The molecule has 1 fully saturated rings. The van der Waals surface area contributed by atoms with Gasteiger partial charge < -0.3 is 14.4 Å². The van der Waals surface area contributed by atoms with Gasteiger partial charge in [0.1, 0.15) is 0 Å². The Morgan fingerprint density at radius 2 is 1.75 bits per heavy atom. The minimum atomic E-state index is -0.327. The molecule has 28 heavy (non-hydrogen) atoms. The van der Waals surface area contributed by atoms with Gasteiger partial charge in [0.25, 0.3) is 0 Å². The number of piperidine rings is 1. The second kappa shape index (κ2) is 10.8. The van der Waals surface area contributed by atoms with E-state index in [1.165, 1.54) is 14.2 Å². The van der Waals surface area contributed by atoms with Crippen LogP contribution in [-0.4, -0.2) is 68.0 Å². The fourth-order valence-corrected chi connectivity index (χ4v) is 3.51. The zero-order valence-electron chi connectivity index (χ0n) is 16.9. The van der Waals surface area contributed by atoms with Gasteiger partial charge in [-0.1, -0.05) is 37.3 Å². The van der Waals surface area contributed by atoms with Crippen molar-refractivity contribution in [3.63, 3.8) is 0 Å². The number of nitrogens with zero attached hydrogens (tertiary/aromatic N) is 2. The molecular weight excluding hydrogens is 360 g/mol. The topological polar surface area (TPSA) is 76.2 Å². The van der Waals surface area contributed by atoms with Crippen LogP contribution < -0.4 is 0 Å². The highest BCUT2D eigenvalue weighted by Gasteiger charge is 2.29. The Bertz CT molecular complexity index is 656. The first-order valence-corrected chi connectivity index (χ1v) is 9.64. The molecule has 0 aliphatic carbocycles. The van der Waals surface area contributed by atoms with E-state index >= 15 is 0 Å². The summed E-state index contributed by atoms with van der Waals surface area (Å²) in [6, 6.07) is 9.86. The van der Waals surface area contributed by atoms with Gasteiger partial charge in [-0.15, -0.1) is 0 Å². The summed E-state index contributed by atoms with van der Waals surface area (Å²) in [7, 11) is 2.76. The van der Waals surface area contributed by atoms with E-state index in [1.807, 2.05) is 35.2 Å². The Hall–Kier alpha value is -2.41. The fraction of sp³-hybridized carbons (Fsp3) is 0.571. The maximum absolute atomic E-state index is 12.8. The minimum Gasteiger partial charge on any atom is -0.469 e. The number of amides is 1. The van der Waals surface area contributed by atoms with Gasteiger partial charge in [0.2, 0.25) is 5.91 Å². The summed E-state index contributed by atoms with van der Waals surface area (Å²) >= 11 is 0. The molecule has 1 aliphatic heterocycles. The Labute approximate surface area is 166 Å². The van der Waals surface area contributed by atoms with Gasteiger partial charge in [-0.2, -0.15) is 0 Å². The Kier molecular flexibility index (Phi) is 8.44. The molecule has 1 aromatic carbocycles. The molecule has 1 heterocycles. The van der Waals surface area contributed by atoms with Crippen LogP contribution in [0.2, 0.25) is 0 Å². The van der Waals surface area contributed by atoms with Crippen LogP contribution in [0.1, 0.15) is 25.3 Å². The maximum Gasteiger partial charge on any atom is 0.309 e. The lowest BCUT2D eigenvalue weighted by Gasteiger charge is -2.33. The van der Waals surface area contributed by atoms with Gasteiger partial charge in [0, 0.05) is 26.2 Å². The number of hydrogen-bond donors (Lipinski definition) is 0. The van der Waals surface area contributed by atoms with Crippen molar-refractivity contribution in [2.24, 2.45) is 11.8 Å². The van der Waals surface area contributed by atoms with Gasteiger partial charge >= 0.3 is 11.9 Å². The monoisotopic (exact) mass is 390 g/mol. The highest BCUT2D eigenvalue weighted by molar-refractivity contribution is 5.79. The average Bonchev–Trinajstić information content (AvgIpc) is 2.73. The summed E-state index contributed by atoms with van der Waals surface area (Å²) in [4.78, 5) is 40.1. The minimum absolute atomic E-state index is 0.0105. The zero-order valence-corrected chi connectivity index (χ0v) is 16.9. The molecule has 1 atom stereocenters. The Balaban J connectivity index is 1.97. The summed E-state index contributed by atoms with van der Waals surface area (Å²) in [6.45, 7) is 4.13. The fourth-order valence-electron chi connectivity index (χ4n) is 3.51. The third-order valence-electron chi connectivity index (χ3n) is 5.13. The van der Waals surface area contributed by atoms with Gasteiger partial charge in [0.15, 0.2) is 0 Å². The third kappa shape index (κ3) is 6.34. The Morgan fingerprint density at radius 1 is 1.11 bits per heavy atom. The molecule has 1 aliphatic rings. The predicted molar refractivity (Wildman–Crippen MR) is 104 cm³/mol. The molecule has 1 unspecified atom stereocenters. The van der Waals surface area contributed by atoms with E-state index in [0.29, 0.717) is 39.0 Å². The molecule has 154 valence electrons. The first kappa shape index (κ1) is 21.9. The summed E-state index contributed by atoms with van der Waals surface area (Å²) in [5.74, 6) is -0.939. The van der Waals surface area contributed by atoms with Crippen LogP contribution in [0, 0.1) is 11.8 Å². The maximum atomic E-state index is 12.8. The molecule has 1 aromatic rings. The van der Waals surface area contributed by atoms with Crippen molar-refractivity contribution in [2.45, 2.75) is 26.3 Å². The number of carbonyl (C=O) groups excluding carboxylic acids is 3. The molecule has 7 nitrogen and oxygen atoms in total. The van der Waals surface area contributed by atoms with Crippen LogP contribution in [0.3, 0.4) is 0 Å². The van der Waals surface area contributed by atoms with Crippen molar-refractivity contribution in [3.05, 3.63) is 35.9 Å². The number of methoxy groups -OCH3 is 2. The van der Waals surface area contributed by atoms with Crippen LogP contribution in [0.4, 0.5) is 0 Å². The number of likely N-dealkylation sites (tertiary alicyclic amines) is 1. The van der Waals surface area contributed by atoms with Gasteiger partial charge in [-0.05, 0) is 18.4 Å². The summed E-state index contributed by atoms with van der Waals surface area (Å²) < 4.78 is 9.62. The molecule has 0 aromatic heterocycles. The normalized spacial score (nSPS) is 15.9. The van der Waals surface area contributed by atoms with E-state index in [2.05, 4.69) is 0 Å². The van der Waals surface area contributed by atoms with Crippen LogP contribution in [0.25, 0.3) is 0 Å². The molecule has 0 bridgehead atoms. The van der Waals surface area contributed by atoms with Crippen LogP contribution >= 0.6 is 0 Å². The zero-order chi connectivity index (χ0) is 20.5. The molecule has 0 spiro atoms. The van der Waals surface area contributed by atoms with Crippen molar-refractivity contribution in [3.8, 4) is 0 Å². The molecular formula is C21H30N2O5. The summed E-state index contributed by atoms with van der Waals surface area (Å²) in [5, 5.41) is 0. The molecule has 2 rings (SSSR count). The van der Waals surface area contributed by atoms with Crippen molar-refractivity contribution < 1.29 is 23.9 Å². The molecule has 7 heteroatoms. The van der Waals surface area contributed by atoms with E-state index in [1.54, 1.807) is 11.8 Å². The number of carbonyl (C=O) groups is 3. The second-order valence-electron chi connectivity index (χ2n) is 7.26. The number of esters is 2. The number of benzene rings is 1. The summed E-state index contributed by atoms with van der Waals surface area (Å²) in [6.07, 6.45) is 1.24. The van der Waals surface area contributed by atoms with E-state index in [-0.39, 0.29) is 36.2 Å². The first-order chi connectivity index (χ1) is 13.4. The van der Waals surface area contributed by atoms with Gasteiger partial charge in [-0.3, -0.25) is 19.3 Å². The second-order valence-corrected chi connectivity index (χ2v) is 7.26. The first-order valence-electron chi connectivity index (χ1n) is 9.64. The quantitative estimate of drug-likeness (QED) is 0.629. The van der Waals surface area contributed by atoms with Crippen LogP contribution in [0.5, 0.6) is 0 Å². The smallest absolute Gasteiger partial charge is 0.309 e. The molecule has 1 amide bonds. The number of rotatable bonds is 8. The lowest BCUT2D eigenvalue weighted by molar-refractivity contribution is -0.149.